The first-order valence-corrected chi connectivity index (χ1v) is 16.2. The summed E-state index contributed by atoms with van der Waals surface area (Å²) in [6, 6.07) is 36.4. The van der Waals surface area contributed by atoms with Crippen LogP contribution in [0.2, 0.25) is 0 Å². The Kier molecular flexibility index (Phi) is 9.13. The van der Waals surface area contributed by atoms with E-state index in [-0.39, 0.29) is 6.61 Å². The van der Waals surface area contributed by atoms with Crippen LogP contribution in [0.3, 0.4) is 0 Å². The molecule has 0 amide bonds. The molecule has 0 N–H and O–H groups in total. The number of phosphoric acid groups is 1. The van der Waals surface area contributed by atoms with E-state index in [1.165, 1.54) is 7.11 Å². The molecule has 2 aliphatic rings. The maximum Gasteiger partial charge on any atom is 0.530 e. The van der Waals surface area contributed by atoms with Gasteiger partial charge in [-0.05, 0) is 54.8 Å². The first-order chi connectivity index (χ1) is 21.8. The van der Waals surface area contributed by atoms with E-state index in [0.717, 1.165) is 22.4 Å². The van der Waals surface area contributed by atoms with Crippen molar-refractivity contribution >= 4 is 7.82 Å². The predicted molar refractivity (Wildman–Crippen MR) is 167 cm³/mol. The third-order valence-electron chi connectivity index (χ3n) is 7.84. The first kappa shape index (κ1) is 31.5. The number of hydrogen-bond acceptors (Lipinski definition) is 9. The van der Waals surface area contributed by atoms with Gasteiger partial charge < -0.3 is 28.2 Å². The SMILES string of the molecule is COc1ccc(C(OC[C@H]2O[C@@H]3OC(C)(C)O[C@@H]3[C@H]2O[P@](=O)(OC)Oc2ccccc2)(c2ccccc2)c2ccccc2)cc1. The summed E-state index contributed by atoms with van der Waals surface area (Å²) in [5.41, 5.74) is 1.62. The fourth-order valence-electron chi connectivity index (χ4n) is 5.80. The molecule has 0 radical (unpaired) electrons. The van der Waals surface area contributed by atoms with E-state index in [4.69, 9.17) is 37.3 Å². The highest BCUT2D eigenvalue weighted by Gasteiger charge is 2.58. The van der Waals surface area contributed by atoms with Gasteiger partial charge in [-0.3, -0.25) is 9.05 Å². The molecule has 0 aliphatic carbocycles. The molecule has 236 valence electrons. The normalized spacial score (nSPS) is 23.6. The van der Waals surface area contributed by atoms with Crippen molar-refractivity contribution < 1.29 is 41.8 Å². The number of methoxy groups -OCH3 is 1. The van der Waals surface area contributed by atoms with Crippen molar-refractivity contribution in [3.8, 4) is 11.5 Å². The summed E-state index contributed by atoms with van der Waals surface area (Å²) in [7, 11) is -1.22. The molecule has 6 rings (SSSR count). The summed E-state index contributed by atoms with van der Waals surface area (Å²) in [6.07, 6.45) is -3.21. The maximum atomic E-state index is 13.9. The van der Waals surface area contributed by atoms with Crippen LogP contribution in [0.15, 0.2) is 115 Å². The average molecular weight is 633 g/mol. The number of para-hydroxylation sites is 1. The lowest BCUT2D eigenvalue weighted by Crippen LogP contribution is -2.42. The van der Waals surface area contributed by atoms with Crippen molar-refractivity contribution in [1.82, 2.24) is 0 Å². The Morgan fingerprint density at radius 1 is 0.733 bits per heavy atom. The van der Waals surface area contributed by atoms with E-state index in [0.29, 0.717) is 5.75 Å². The standard InChI is InChI=1S/C35H37O9P/c1-34(2)41-32-31(44-45(36,38-4)43-29-18-12-7-13-19-29)30(40-33(32)42-34)24-39-35(25-14-8-5-9-15-25,26-16-10-6-11-17-26)27-20-22-28(37-3)23-21-27/h5-23,30-33H,24H2,1-4H3/t30-,31+,32-,33-,45-/m1/s1. The molecule has 2 aliphatic heterocycles. The number of fused-ring (bicyclic) bond motifs is 1. The molecule has 45 heavy (non-hydrogen) atoms. The molecule has 0 spiro atoms. The summed E-state index contributed by atoms with van der Waals surface area (Å²) < 4.78 is 62.2. The Hall–Kier alpha value is -3.53. The average Bonchev–Trinajstić information content (AvgIpc) is 3.54. The van der Waals surface area contributed by atoms with Gasteiger partial charge in [-0.2, -0.15) is 0 Å². The lowest BCUT2D eigenvalue weighted by Gasteiger charge is -2.37. The molecule has 10 heteroatoms. The Balaban J connectivity index is 1.37. The Bertz CT molecular complexity index is 1540. The molecule has 4 aromatic rings. The highest BCUT2D eigenvalue weighted by atomic mass is 31.2. The van der Waals surface area contributed by atoms with E-state index in [9.17, 15) is 4.57 Å². The van der Waals surface area contributed by atoms with Gasteiger partial charge in [-0.25, -0.2) is 4.57 Å². The zero-order valence-electron chi connectivity index (χ0n) is 25.6. The smallest absolute Gasteiger partial charge is 0.497 e. The Morgan fingerprint density at radius 3 is 1.84 bits per heavy atom. The number of rotatable bonds is 12. The van der Waals surface area contributed by atoms with Crippen LogP contribution in [-0.2, 0) is 38.2 Å². The molecule has 5 atom stereocenters. The van der Waals surface area contributed by atoms with Gasteiger partial charge in [0.1, 0.15) is 35.4 Å². The lowest BCUT2D eigenvalue weighted by molar-refractivity contribution is -0.222. The molecule has 9 nitrogen and oxygen atoms in total. The summed E-state index contributed by atoms with van der Waals surface area (Å²) >= 11 is 0. The van der Waals surface area contributed by atoms with Crippen LogP contribution >= 0.6 is 7.82 Å². The lowest BCUT2D eigenvalue weighted by atomic mass is 9.80. The zero-order valence-corrected chi connectivity index (χ0v) is 26.5. The minimum Gasteiger partial charge on any atom is -0.497 e. The number of phosphoric ester groups is 1. The van der Waals surface area contributed by atoms with E-state index in [1.54, 1.807) is 45.2 Å². The van der Waals surface area contributed by atoms with Crippen LogP contribution < -0.4 is 9.26 Å². The van der Waals surface area contributed by atoms with Gasteiger partial charge in [0, 0.05) is 7.11 Å². The van der Waals surface area contributed by atoms with Crippen LogP contribution in [0.4, 0.5) is 0 Å². The molecule has 0 unspecified atom stereocenters. The summed E-state index contributed by atoms with van der Waals surface area (Å²) in [5, 5.41) is 0. The van der Waals surface area contributed by atoms with E-state index in [2.05, 4.69) is 0 Å². The molecule has 0 bridgehead atoms. The van der Waals surface area contributed by atoms with Gasteiger partial charge in [0.05, 0.1) is 13.7 Å². The second kappa shape index (κ2) is 13.1. The number of ether oxygens (including phenoxy) is 5. The van der Waals surface area contributed by atoms with Crippen molar-refractivity contribution in [3.63, 3.8) is 0 Å². The fourth-order valence-corrected chi connectivity index (χ4v) is 6.94. The van der Waals surface area contributed by atoms with Gasteiger partial charge >= 0.3 is 7.82 Å². The second-order valence-corrected chi connectivity index (χ2v) is 12.9. The molecule has 4 aromatic carbocycles. The van der Waals surface area contributed by atoms with Gasteiger partial charge in [0.2, 0.25) is 0 Å². The minimum atomic E-state index is -4.13. The third kappa shape index (κ3) is 6.57. The van der Waals surface area contributed by atoms with Gasteiger partial charge in [-0.1, -0.05) is 91.0 Å². The summed E-state index contributed by atoms with van der Waals surface area (Å²) in [5.74, 6) is 0.113. The highest BCUT2D eigenvalue weighted by molar-refractivity contribution is 7.48. The monoisotopic (exact) mass is 632 g/mol. The van der Waals surface area contributed by atoms with Gasteiger partial charge in [-0.15, -0.1) is 0 Å². The molecular formula is C35H37O9P. The summed E-state index contributed by atoms with van der Waals surface area (Å²) in [4.78, 5) is 0. The first-order valence-electron chi connectivity index (χ1n) is 14.7. The highest BCUT2D eigenvalue weighted by Crippen LogP contribution is 2.53. The molecular weight excluding hydrogens is 595 g/mol. The van der Waals surface area contributed by atoms with Crippen molar-refractivity contribution in [2.75, 3.05) is 20.8 Å². The van der Waals surface area contributed by atoms with Crippen LogP contribution in [0.1, 0.15) is 30.5 Å². The minimum absolute atomic E-state index is 0.00961. The van der Waals surface area contributed by atoms with E-state index >= 15 is 0 Å². The number of hydrogen-bond donors (Lipinski definition) is 0. The Labute approximate surface area is 263 Å². The largest absolute Gasteiger partial charge is 0.530 e. The van der Waals surface area contributed by atoms with Crippen molar-refractivity contribution in [2.45, 2.75) is 49.8 Å². The van der Waals surface area contributed by atoms with Gasteiger partial charge in [0.15, 0.2) is 12.1 Å². The second-order valence-electron chi connectivity index (χ2n) is 11.2. The predicted octanol–water partition coefficient (Wildman–Crippen LogP) is 7.10. The molecule has 2 fully saturated rings. The fraction of sp³-hybridized carbons (Fsp3) is 0.314. The van der Waals surface area contributed by atoms with Crippen LogP contribution in [-0.4, -0.2) is 51.2 Å². The molecule has 0 aromatic heterocycles. The number of benzene rings is 4. The van der Waals surface area contributed by atoms with E-state index < -0.39 is 43.8 Å². The molecule has 2 heterocycles. The topological polar surface area (TPSA) is 90.9 Å². The Morgan fingerprint density at radius 2 is 1.29 bits per heavy atom. The summed E-state index contributed by atoms with van der Waals surface area (Å²) in [6.45, 7) is 3.58. The van der Waals surface area contributed by atoms with Crippen LogP contribution in [0.25, 0.3) is 0 Å². The maximum absolute atomic E-state index is 13.9. The molecule has 2 saturated heterocycles. The molecule has 0 saturated carbocycles. The van der Waals surface area contributed by atoms with Crippen molar-refractivity contribution in [1.29, 1.82) is 0 Å². The zero-order chi connectivity index (χ0) is 31.5. The van der Waals surface area contributed by atoms with Crippen molar-refractivity contribution in [2.24, 2.45) is 0 Å². The third-order valence-corrected chi connectivity index (χ3v) is 9.23. The van der Waals surface area contributed by atoms with Crippen LogP contribution in [0.5, 0.6) is 11.5 Å². The van der Waals surface area contributed by atoms with Crippen LogP contribution in [0, 0.1) is 0 Å². The van der Waals surface area contributed by atoms with Crippen molar-refractivity contribution in [3.05, 3.63) is 132 Å². The van der Waals surface area contributed by atoms with E-state index in [1.807, 2.05) is 91.0 Å². The van der Waals surface area contributed by atoms with Gasteiger partial charge in [0.25, 0.3) is 0 Å². The quantitative estimate of drug-likeness (QED) is 0.120.